The monoisotopic (exact) mass is 941 g/mol. The average molecular weight is 945 g/mol. The van der Waals surface area contributed by atoms with Crippen molar-refractivity contribution in [2.45, 2.75) is 11.8 Å². The van der Waals surface area contributed by atoms with E-state index in [0.717, 1.165) is 11.7 Å². The number of benzene rings is 5. The lowest BCUT2D eigenvalue weighted by Gasteiger charge is -2.14. The lowest BCUT2D eigenvalue weighted by molar-refractivity contribution is -0.131. The molecular formula is C34H21Br2Cl3FN5O6S2. The maximum absolute atomic E-state index is 13.6. The smallest absolute Gasteiger partial charge is 0.308 e. The quantitative estimate of drug-likeness (QED) is 0.101. The van der Waals surface area contributed by atoms with E-state index in [0.29, 0.717) is 25.2 Å². The van der Waals surface area contributed by atoms with Gasteiger partial charge in [-0.05, 0) is 88.7 Å². The van der Waals surface area contributed by atoms with Crippen LogP contribution in [0.1, 0.15) is 27.6 Å². The molecule has 0 unspecified atom stereocenters. The highest BCUT2D eigenvalue weighted by Gasteiger charge is 2.23. The first kappa shape index (κ1) is 40.0. The Morgan fingerprint density at radius 1 is 0.792 bits per heavy atom. The Labute approximate surface area is 337 Å². The summed E-state index contributed by atoms with van der Waals surface area (Å²) < 4.78 is 56.3. The minimum atomic E-state index is -4.07. The molecule has 5 aromatic carbocycles. The van der Waals surface area contributed by atoms with Crippen molar-refractivity contribution in [3.63, 3.8) is 0 Å². The number of fused-ring (bicyclic) bond motifs is 1. The lowest BCUT2D eigenvalue weighted by Crippen LogP contribution is -2.19. The van der Waals surface area contributed by atoms with E-state index in [4.69, 9.17) is 39.5 Å². The maximum Gasteiger partial charge on any atom is 0.308 e. The van der Waals surface area contributed by atoms with E-state index in [1.165, 1.54) is 67.6 Å². The van der Waals surface area contributed by atoms with Crippen LogP contribution in [0.15, 0.2) is 105 Å². The second-order valence-electron chi connectivity index (χ2n) is 10.6. The molecule has 0 aliphatic heterocycles. The van der Waals surface area contributed by atoms with Crippen molar-refractivity contribution in [2.24, 2.45) is 0 Å². The van der Waals surface area contributed by atoms with E-state index in [1.54, 1.807) is 30.3 Å². The number of nitrogens with one attached hydrogen (secondary N) is 3. The molecule has 0 atom stereocenters. The second-order valence-corrected chi connectivity index (χ2v) is 15.8. The zero-order valence-corrected chi connectivity index (χ0v) is 33.7. The number of anilines is 3. The minimum Gasteiger partial charge on any atom is -0.425 e. The fourth-order valence-corrected chi connectivity index (χ4v) is 8.12. The van der Waals surface area contributed by atoms with Gasteiger partial charge in [-0.3, -0.25) is 19.1 Å². The number of hydrogen-bond donors (Lipinski definition) is 3. The number of ether oxygens (including phenoxy) is 1. The van der Waals surface area contributed by atoms with Gasteiger partial charge in [0.1, 0.15) is 21.7 Å². The molecule has 19 heteroatoms. The van der Waals surface area contributed by atoms with E-state index in [-0.39, 0.29) is 48.7 Å². The van der Waals surface area contributed by atoms with E-state index in [2.05, 4.69) is 56.0 Å². The van der Waals surface area contributed by atoms with Crippen molar-refractivity contribution in [2.75, 3.05) is 15.4 Å². The Hall–Kier alpha value is -4.16. The number of amides is 2. The number of aromatic nitrogens is 2. The van der Waals surface area contributed by atoms with Crippen LogP contribution in [0.25, 0.3) is 11.0 Å². The molecule has 0 fully saturated rings. The number of halogens is 6. The van der Waals surface area contributed by atoms with Crippen LogP contribution in [-0.2, 0) is 14.8 Å². The third-order valence-corrected chi connectivity index (χ3v) is 10.8. The average Bonchev–Trinajstić information content (AvgIpc) is 3.58. The molecule has 0 aliphatic rings. The molecule has 0 saturated heterocycles. The zero-order valence-electron chi connectivity index (χ0n) is 26.6. The van der Waals surface area contributed by atoms with Gasteiger partial charge in [-0.2, -0.15) is 8.75 Å². The summed E-state index contributed by atoms with van der Waals surface area (Å²) in [5.41, 5.74) is 1.29. The van der Waals surface area contributed by atoms with Crippen LogP contribution in [0.5, 0.6) is 5.75 Å². The van der Waals surface area contributed by atoms with Crippen LogP contribution >= 0.6 is 78.4 Å². The summed E-state index contributed by atoms with van der Waals surface area (Å²) in [6.45, 7) is 1.23. The predicted octanol–water partition coefficient (Wildman–Crippen LogP) is 10.2. The minimum absolute atomic E-state index is 0.0192. The number of carbonyl (C=O) groups excluding carboxylic acids is 3. The molecule has 1 aromatic heterocycles. The summed E-state index contributed by atoms with van der Waals surface area (Å²) in [5.74, 6) is -2.23. The highest BCUT2D eigenvalue weighted by Crippen LogP contribution is 2.34. The summed E-state index contributed by atoms with van der Waals surface area (Å²) in [6.07, 6.45) is 0. The van der Waals surface area contributed by atoms with E-state index < -0.39 is 33.6 Å². The number of rotatable bonds is 8. The van der Waals surface area contributed by atoms with Gasteiger partial charge in [-0.1, -0.05) is 68.9 Å². The number of para-hydroxylation sites is 1. The summed E-state index contributed by atoms with van der Waals surface area (Å²) in [7, 11) is -4.07. The summed E-state index contributed by atoms with van der Waals surface area (Å²) in [6, 6.07) is 22.4. The van der Waals surface area contributed by atoms with Gasteiger partial charge < -0.3 is 15.4 Å². The Morgan fingerprint density at radius 2 is 1.53 bits per heavy atom. The number of carbonyl (C=O) groups is 3. The fraction of sp³-hybridized carbons (Fsp3) is 0.0294. The Kier molecular flexibility index (Phi) is 13.1. The lowest BCUT2D eigenvalue weighted by atomic mass is 10.1. The molecule has 3 N–H and O–H groups in total. The SMILES string of the molecule is CC(=O)Oc1c(Br)cc(Br)cc1C(=O)Nc1ccccc1F.O=C(Nc1ccc(Cl)c(Cl)c1)c1cc(Cl)ccc1NS(=O)(=O)c1cccc2nsnc12. The van der Waals surface area contributed by atoms with Crippen LogP contribution in [0.4, 0.5) is 21.5 Å². The topological polar surface area (TPSA) is 156 Å². The Morgan fingerprint density at radius 3 is 2.25 bits per heavy atom. The molecule has 0 radical (unpaired) electrons. The van der Waals surface area contributed by atoms with Gasteiger partial charge in [-0.15, -0.1) is 0 Å². The molecule has 0 aliphatic carbocycles. The van der Waals surface area contributed by atoms with Crippen molar-refractivity contribution in [3.05, 3.63) is 132 Å². The molecule has 0 saturated carbocycles. The van der Waals surface area contributed by atoms with Crippen LogP contribution in [0.2, 0.25) is 15.1 Å². The Balaban J connectivity index is 0.000000217. The number of hydrogen-bond acceptors (Lipinski definition) is 9. The zero-order chi connectivity index (χ0) is 38.4. The normalized spacial score (nSPS) is 10.9. The van der Waals surface area contributed by atoms with Crippen LogP contribution in [-0.4, -0.2) is 34.9 Å². The molecule has 1 heterocycles. The van der Waals surface area contributed by atoms with Gasteiger partial charge in [-0.25, -0.2) is 12.8 Å². The van der Waals surface area contributed by atoms with E-state index in [1.807, 2.05) is 0 Å². The van der Waals surface area contributed by atoms with Gasteiger partial charge in [0.15, 0.2) is 5.75 Å². The van der Waals surface area contributed by atoms with Crippen molar-refractivity contribution in [3.8, 4) is 5.75 Å². The molecule has 11 nitrogen and oxygen atoms in total. The van der Waals surface area contributed by atoms with Crippen LogP contribution in [0.3, 0.4) is 0 Å². The van der Waals surface area contributed by atoms with Gasteiger partial charge in [0.2, 0.25) is 0 Å². The summed E-state index contributed by atoms with van der Waals surface area (Å²) in [4.78, 5) is 36.4. The molecule has 272 valence electrons. The standard InChI is InChI=1S/C19H11Cl3N4O3S2.C15H10Br2FNO3/c20-10-4-7-15(12(8-10)19(27)23-11-5-6-13(21)14(22)9-11)26-31(28,29)17-3-1-2-16-18(17)25-30-24-16;1-8(20)22-14-10(6-9(16)7-11(14)17)15(21)19-13-5-3-2-4-12(13)18/h1-9,26H,(H,23,27);2-7H,1H3,(H,19,21). The van der Waals surface area contributed by atoms with E-state index >= 15 is 0 Å². The molecule has 6 rings (SSSR count). The summed E-state index contributed by atoms with van der Waals surface area (Å²) in [5, 5.41) is 5.95. The molecule has 6 aromatic rings. The van der Waals surface area contributed by atoms with Gasteiger partial charge in [0.05, 0.1) is 48.7 Å². The van der Waals surface area contributed by atoms with Gasteiger partial charge in [0.25, 0.3) is 21.8 Å². The van der Waals surface area contributed by atoms with Crippen LogP contribution < -0.4 is 20.1 Å². The third kappa shape index (κ3) is 10.1. The molecular weight excluding hydrogens is 924 g/mol. The first-order valence-corrected chi connectivity index (χ1v) is 19.6. The third-order valence-electron chi connectivity index (χ3n) is 6.81. The fourth-order valence-electron chi connectivity index (χ4n) is 4.49. The highest BCUT2D eigenvalue weighted by molar-refractivity contribution is 9.11. The highest BCUT2D eigenvalue weighted by atomic mass is 79.9. The van der Waals surface area contributed by atoms with Crippen LogP contribution in [0, 0.1) is 5.82 Å². The molecule has 53 heavy (non-hydrogen) atoms. The van der Waals surface area contributed by atoms with Crippen molar-refractivity contribution in [1.29, 1.82) is 0 Å². The largest absolute Gasteiger partial charge is 0.425 e. The first-order chi connectivity index (χ1) is 25.1. The number of nitrogens with zero attached hydrogens (tertiary/aromatic N) is 2. The second kappa shape index (κ2) is 17.3. The molecule has 0 bridgehead atoms. The van der Waals surface area contributed by atoms with Crippen molar-refractivity contribution in [1.82, 2.24) is 8.75 Å². The first-order valence-electron chi connectivity index (χ1n) is 14.7. The Bertz CT molecular complexity index is 2510. The maximum atomic E-state index is 13.6. The molecule has 2 amide bonds. The predicted molar refractivity (Wildman–Crippen MR) is 212 cm³/mol. The van der Waals surface area contributed by atoms with Gasteiger partial charge in [0, 0.05) is 22.1 Å². The van der Waals surface area contributed by atoms with Crippen molar-refractivity contribution >= 4 is 134 Å². The van der Waals surface area contributed by atoms with E-state index in [9.17, 15) is 27.2 Å². The number of esters is 1. The number of sulfonamides is 1. The molecule has 0 spiro atoms. The van der Waals surface area contributed by atoms with Gasteiger partial charge >= 0.3 is 5.97 Å². The summed E-state index contributed by atoms with van der Waals surface area (Å²) >= 11 is 25.3. The van der Waals surface area contributed by atoms with Crippen molar-refractivity contribution < 1.29 is 31.9 Å².